The van der Waals surface area contributed by atoms with Crippen LogP contribution in [0.25, 0.3) is 0 Å². The molecule has 2 aromatic rings. The molecular formula is C21H14NO11S-. The number of ether oxygens (including phenoxy) is 2. The van der Waals surface area contributed by atoms with Gasteiger partial charge in [0.05, 0.1) is 16.8 Å². The van der Waals surface area contributed by atoms with Crippen LogP contribution in [0.1, 0.15) is 45.7 Å². The van der Waals surface area contributed by atoms with E-state index in [1.54, 1.807) is 0 Å². The number of hydrogen-bond donors (Lipinski definition) is 3. The number of benzene rings is 2. The van der Waals surface area contributed by atoms with Crippen molar-refractivity contribution in [2.24, 2.45) is 0 Å². The number of anilines is 1. The highest BCUT2D eigenvalue weighted by Crippen LogP contribution is 2.47. The lowest BCUT2D eigenvalue weighted by Crippen LogP contribution is -2.42. The molecule has 1 heterocycles. The molecule has 0 amide bonds. The lowest BCUT2D eigenvalue weighted by Gasteiger charge is -2.30. The summed E-state index contributed by atoms with van der Waals surface area (Å²) in [6.07, 6.45) is 0.645. The summed E-state index contributed by atoms with van der Waals surface area (Å²) in [4.78, 5) is 49.0. The quantitative estimate of drug-likeness (QED) is 0.118. The molecule has 4 rings (SSSR count). The smallest absolute Gasteiger partial charge is 0.350 e. The van der Waals surface area contributed by atoms with Gasteiger partial charge in [-0.15, -0.1) is 0 Å². The number of carbonyl (C=O) groups excluding carboxylic acids is 4. The molecule has 1 fully saturated rings. The molecule has 2 aromatic carbocycles. The van der Waals surface area contributed by atoms with Gasteiger partial charge in [0.15, 0.2) is 22.9 Å². The fraction of sp³-hybridized carbons (Fsp3) is 0.143. The summed E-state index contributed by atoms with van der Waals surface area (Å²) < 4.78 is 45.1. The van der Waals surface area contributed by atoms with Crippen LogP contribution < -0.4 is 5.32 Å². The molecule has 0 aromatic heterocycles. The predicted octanol–water partition coefficient (Wildman–Crippen LogP) is 0.909. The van der Waals surface area contributed by atoms with Gasteiger partial charge in [-0.1, -0.05) is 24.3 Å². The first-order valence-corrected chi connectivity index (χ1v) is 10.8. The number of esters is 2. The fourth-order valence-electron chi connectivity index (χ4n) is 3.60. The van der Waals surface area contributed by atoms with Crippen LogP contribution >= 0.6 is 0 Å². The van der Waals surface area contributed by atoms with Gasteiger partial charge in [0, 0.05) is 31.2 Å². The second-order valence-corrected chi connectivity index (χ2v) is 9.01. The summed E-state index contributed by atoms with van der Waals surface area (Å²) in [5.74, 6) is -8.59. The van der Waals surface area contributed by atoms with E-state index in [2.05, 4.69) is 5.32 Å². The summed E-state index contributed by atoms with van der Waals surface area (Å²) in [7, 11) is -5.58. The van der Waals surface area contributed by atoms with Crippen molar-refractivity contribution in [3.8, 4) is 11.5 Å². The molecule has 12 nitrogen and oxygen atoms in total. The Morgan fingerprint density at radius 1 is 0.912 bits per heavy atom. The number of aromatic hydroxyl groups is 2. The fourth-order valence-corrected chi connectivity index (χ4v) is 4.28. The van der Waals surface area contributed by atoms with Crippen molar-refractivity contribution >= 4 is 39.3 Å². The number of cyclic esters (lactones) is 2. The summed E-state index contributed by atoms with van der Waals surface area (Å²) in [6.45, 7) is 2.59. The third kappa shape index (κ3) is 3.47. The number of nitrogens with one attached hydrogen (secondary N) is 1. The normalized spacial score (nSPS) is 16.9. The van der Waals surface area contributed by atoms with E-state index in [1.165, 1.54) is 38.1 Å². The summed E-state index contributed by atoms with van der Waals surface area (Å²) in [5.41, 5.74) is -3.39. The predicted molar refractivity (Wildman–Crippen MR) is 109 cm³/mol. The topological polar surface area (TPSA) is 196 Å². The minimum Gasteiger partial charge on any atom is -0.744 e. The van der Waals surface area contributed by atoms with E-state index in [0.717, 1.165) is 0 Å². The molecule has 1 saturated heterocycles. The molecular weight excluding hydrogens is 474 g/mol. The second kappa shape index (κ2) is 7.40. The maximum Gasteiger partial charge on any atom is 0.350 e. The van der Waals surface area contributed by atoms with Gasteiger partial charge in [-0.3, -0.25) is 9.59 Å². The van der Waals surface area contributed by atoms with E-state index in [4.69, 9.17) is 9.47 Å². The molecule has 0 bridgehead atoms. The molecule has 0 saturated carbocycles. The first kappa shape index (κ1) is 22.9. The molecule has 0 unspecified atom stereocenters. The van der Waals surface area contributed by atoms with Crippen molar-refractivity contribution < 1.29 is 51.8 Å². The summed E-state index contributed by atoms with van der Waals surface area (Å²) in [5, 5.41) is 23.2. The Morgan fingerprint density at radius 2 is 1.41 bits per heavy atom. The van der Waals surface area contributed by atoms with Crippen LogP contribution in [0.4, 0.5) is 5.69 Å². The van der Waals surface area contributed by atoms with E-state index in [0.29, 0.717) is 6.20 Å². The van der Waals surface area contributed by atoms with Crippen LogP contribution in [0.15, 0.2) is 40.9 Å². The Kier molecular flexibility index (Phi) is 4.99. The average molecular weight is 488 g/mol. The van der Waals surface area contributed by atoms with Gasteiger partial charge in [-0.05, 0) is 0 Å². The zero-order chi connectivity index (χ0) is 25.2. The van der Waals surface area contributed by atoms with Gasteiger partial charge in [-0.2, -0.15) is 0 Å². The Labute approximate surface area is 191 Å². The molecule has 1 aliphatic carbocycles. The van der Waals surface area contributed by atoms with Crippen LogP contribution in [0.2, 0.25) is 0 Å². The molecule has 2 aliphatic rings. The number of fused-ring (bicyclic) bond motifs is 2. The van der Waals surface area contributed by atoms with Gasteiger partial charge in [-0.25, -0.2) is 18.0 Å². The maximum atomic E-state index is 13.2. The van der Waals surface area contributed by atoms with Gasteiger partial charge in [0.25, 0.3) is 5.79 Å². The Morgan fingerprint density at radius 3 is 1.91 bits per heavy atom. The van der Waals surface area contributed by atoms with Gasteiger partial charge in [0.1, 0.15) is 20.8 Å². The summed E-state index contributed by atoms with van der Waals surface area (Å²) >= 11 is 0. The molecule has 1 aliphatic heterocycles. The van der Waals surface area contributed by atoms with Crippen LogP contribution in [-0.4, -0.2) is 52.5 Å². The number of phenols is 2. The zero-order valence-corrected chi connectivity index (χ0v) is 18.2. The standard InChI is InChI=1S/C21H15NO11S/c1-21(2)32-19(27)10(20(28)33-21)7-22-13-11-12(16(25)18(17(13)26)34(29,30)31)15(24)9-6-4-3-5-8(9)14(11)23/h3-7,22,25-26H,1-2H3,(H,29,30,31)/p-1. The number of ketones is 2. The molecule has 0 spiro atoms. The van der Waals surface area contributed by atoms with Gasteiger partial charge < -0.3 is 29.6 Å². The minimum absolute atomic E-state index is 0.134. The number of rotatable bonds is 3. The number of hydrogen-bond acceptors (Lipinski definition) is 12. The Balaban J connectivity index is 1.97. The van der Waals surface area contributed by atoms with Crippen molar-refractivity contribution in [3.05, 3.63) is 58.3 Å². The van der Waals surface area contributed by atoms with E-state index in [1.807, 2.05) is 0 Å². The van der Waals surface area contributed by atoms with E-state index in [-0.39, 0.29) is 11.1 Å². The molecule has 0 radical (unpaired) electrons. The number of phenolic OH excluding ortho intramolecular Hbond substituents is 2. The van der Waals surface area contributed by atoms with Gasteiger partial charge >= 0.3 is 11.9 Å². The Bertz CT molecular complexity index is 1450. The molecule has 0 atom stereocenters. The maximum absolute atomic E-state index is 13.2. The second-order valence-electron chi connectivity index (χ2n) is 7.69. The van der Waals surface area contributed by atoms with Crippen molar-refractivity contribution in [1.29, 1.82) is 0 Å². The van der Waals surface area contributed by atoms with Crippen molar-refractivity contribution in [3.63, 3.8) is 0 Å². The monoisotopic (exact) mass is 488 g/mol. The molecule has 176 valence electrons. The lowest BCUT2D eigenvalue weighted by atomic mass is 9.82. The minimum atomic E-state index is -5.58. The van der Waals surface area contributed by atoms with Gasteiger partial charge in [0.2, 0.25) is 0 Å². The Hall–Kier alpha value is -4.23. The van der Waals surface area contributed by atoms with Crippen molar-refractivity contribution in [1.82, 2.24) is 0 Å². The first-order valence-electron chi connectivity index (χ1n) is 9.44. The first-order chi connectivity index (χ1) is 15.7. The average Bonchev–Trinajstić information content (AvgIpc) is 2.70. The van der Waals surface area contributed by atoms with Crippen molar-refractivity contribution in [2.75, 3.05) is 5.32 Å². The third-order valence-corrected chi connectivity index (χ3v) is 5.89. The van der Waals surface area contributed by atoms with Crippen molar-refractivity contribution in [2.45, 2.75) is 24.5 Å². The summed E-state index contributed by atoms with van der Waals surface area (Å²) in [6, 6.07) is 5.39. The molecule has 3 N–H and O–H groups in total. The van der Waals surface area contributed by atoms with E-state index < -0.39 is 78.2 Å². The van der Waals surface area contributed by atoms with Crippen LogP contribution in [0.5, 0.6) is 11.5 Å². The van der Waals surface area contributed by atoms with Crippen LogP contribution in [-0.2, 0) is 29.2 Å². The third-order valence-electron chi connectivity index (χ3n) is 5.00. The number of carbonyl (C=O) groups is 4. The lowest BCUT2D eigenvalue weighted by molar-refractivity contribution is -0.222. The largest absolute Gasteiger partial charge is 0.744 e. The zero-order valence-electron chi connectivity index (χ0n) is 17.4. The highest BCUT2D eigenvalue weighted by molar-refractivity contribution is 7.86. The molecule has 34 heavy (non-hydrogen) atoms. The van der Waals surface area contributed by atoms with E-state index in [9.17, 15) is 42.4 Å². The van der Waals surface area contributed by atoms with E-state index >= 15 is 0 Å². The SMILES string of the molecule is CC1(C)OC(=O)C(=CNc2c(O)c(S(=O)(=O)[O-])c(O)c3c2C(=O)c2ccccc2C3=O)C(=O)O1. The highest BCUT2D eigenvalue weighted by Gasteiger charge is 2.41. The highest BCUT2D eigenvalue weighted by atomic mass is 32.2. The molecule has 13 heteroatoms. The van der Waals surface area contributed by atoms with Crippen LogP contribution in [0, 0.1) is 0 Å². The van der Waals surface area contributed by atoms with Crippen LogP contribution in [0.3, 0.4) is 0 Å².